The highest BCUT2D eigenvalue weighted by Crippen LogP contribution is 2.31. The highest BCUT2D eigenvalue weighted by Gasteiger charge is 2.46. The molecule has 1 saturated heterocycles. The van der Waals surface area contributed by atoms with Gasteiger partial charge >= 0.3 is 5.97 Å². The van der Waals surface area contributed by atoms with Gasteiger partial charge in [-0.15, -0.1) is 0 Å². The molecule has 0 radical (unpaired) electrons. The molecule has 1 N–H and O–H groups in total. The monoisotopic (exact) mass is 340 g/mol. The number of hydrogen-bond donors (Lipinski definition) is 1. The maximum atomic E-state index is 12.7. The molecule has 1 aromatic heterocycles. The molecule has 2 aromatic rings. The molecular weight excluding hydrogens is 320 g/mol. The number of nitrogens with zero attached hydrogens (tertiary/aromatic N) is 2. The van der Waals surface area contributed by atoms with E-state index in [0.717, 1.165) is 5.56 Å². The molecule has 2 heterocycles. The molecule has 0 bridgehead atoms. The molecule has 0 saturated carbocycles. The van der Waals surface area contributed by atoms with Crippen LogP contribution in [0.5, 0.6) is 5.75 Å². The van der Waals surface area contributed by atoms with Gasteiger partial charge in [0.15, 0.2) is 0 Å². The minimum atomic E-state index is -1.13. The van der Waals surface area contributed by atoms with Crippen molar-refractivity contribution in [1.82, 2.24) is 9.88 Å². The van der Waals surface area contributed by atoms with E-state index in [4.69, 9.17) is 4.74 Å². The summed E-state index contributed by atoms with van der Waals surface area (Å²) in [5.74, 6) is -0.575. The number of likely N-dealkylation sites (tertiary alicyclic amines) is 1. The van der Waals surface area contributed by atoms with Gasteiger partial charge in [-0.1, -0.05) is 0 Å². The third-order valence-electron chi connectivity index (χ3n) is 4.60. The molecule has 1 aromatic carbocycles. The van der Waals surface area contributed by atoms with Crippen LogP contribution in [0.4, 0.5) is 0 Å². The average molecular weight is 340 g/mol. The number of aliphatic carboxylic acids is 1. The molecule has 1 aliphatic heterocycles. The van der Waals surface area contributed by atoms with Crippen molar-refractivity contribution in [3.8, 4) is 5.75 Å². The first kappa shape index (κ1) is 17.0. The van der Waals surface area contributed by atoms with E-state index in [-0.39, 0.29) is 5.91 Å². The first-order chi connectivity index (χ1) is 12.0. The van der Waals surface area contributed by atoms with Gasteiger partial charge in [-0.05, 0) is 61.7 Å². The van der Waals surface area contributed by atoms with Crippen LogP contribution in [0.2, 0.25) is 0 Å². The van der Waals surface area contributed by atoms with Gasteiger partial charge in [0.1, 0.15) is 17.9 Å². The van der Waals surface area contributed by atoms with Gasteiger partial charge in [-0.25, -0.2) is 4.79 Å². The predicted octanol–water partition coefficient (Wildman–Crippen LogP) is 2.74. The van der Waals surface area contributed by atoms with Crippen LogP contribution >= 0.6 is 0 Å². The van der Waals surface area contributed by atoms with Crippen LogP contribution in [0.25, 0.3) is 0 Å². The van der Waals surface area contributed by atoms with Crippen molar-refractivity contribution in [2.75, 3.05) is 6.54 Å². The Hall–Kier alpha value is -2.89. The molecule has 130 valence electrons. The summed E-state index contributed by atoms with van der Waals surface area (Å²) in [5.41, 5.74) is 0.336. The second-order valence-corrected chi connectivity index (χ2v) is 6.31. The lowest BCUT2D eigenvalue weighted by molar-refractivity contribution is -0.147. The number of carboxylic acid groups (broad SMARTS) is 1. The molecule has 1 atom stereocenters. The molecule has 1 amide bonds. The maximum Gasteiger partial charge on any atom is 0.329 e. The van der Waals surface area contributed by atoms with Gasteiger partial charge in [0.2, 0.25) is 0 Å². The van der Waals surface area contributed by atoms with Crippen LogP contribution < -0.4 is 4.74 Å². The maximum absolute atomic E-state index is 12.7. The molecule has 1 unspecified atom stereocenters. The molecule has 1 aliphatic rings. The molecular formula is C19H20N2O4. The summed E-state index contributed by atoms with van der Waals surface area (Å²) in [7, 11) is 0. The highest BCUT2D eigenvalue weighted by atomic mass is 16.5. The van der Waals surface area contributed by atoms with E-state index in [2.05, 4.69) is 4.98 Å². The van der Waals surface area contributed by atoms with Gasteiger partial charge in [0, 0.05) is 24.5 Å². The molecule has 0 spiro atoms. The van der Waals surface area contributed by atoms with Gasteiger partial charge in [0.05, 0.1) is 0 Å². The number of carbonyl (C=O) groups is 2. The Kier molecular flexibility index (Phi) is 4.70. The minimum absolute atomic E-state index is 0.261. The Bertz CT molecular complexity index is 761. The highest BCUT2D eigenvalue weighted by molar-refractivity contribution is 5.98. The standard InChI is InChI=1S/C19H20N2O4/c1-19(18(23)24)9-2-12-21(19)17(22)15-3-5-16(6-4-15)25-13-14-7-10-20-11-8-14/h3-8,10-11H,2,9,12-13H2,1H3,(H,23,24). The summed E-state index contributed by atoms with van der Waals surface area (Å²) in [6, 6.07) is 10.5. The van der Waals surface area contributed by atoms with Gasteiger partial charge in [-0.3, -0.25) is 9.78 Å². The number of hydrogen-bond acceptors (Lipinski definition) is 4. The van der Waals surface area contributed by atoms with Gasteiger partial charge in [0.25, 0.3) is 5.91 Å². The topological polar surface area (TPSA) is 79.7 Å². The van der Waals surface area contributed by atoms with Crippen molar-refractivity contribution in [1.29, 1.82) is 0 Å². The van der Waals surface area contributed by atoms with E-state index in [1.807, 2.05) is 12.1 Å². The first-order valence-corrected chi connectivity index (χ1v) is 8.18. The number of rotatable bonds is 5. The number of benzene rings is 1. The lowest BCUT2D eigenvalue weighted by Gasteiger charge is -2.31. The van der Waals surface area contributed by atoms with Crippen LogP contribution in [0.3, 0.4) is 0 Å². The zero-order valence-electron chi connectivity index (χ0n) is 14.0. The third kappa shape index (κ3) is 3.47. The number of aromatic nitrogens is 1. The second kappa shape index (κ2) is 6.93. The average Bonchev–Trinajstić information content (AvgIpc) is 3.04. The zero-order chi connectivity index (χ0) is 17.9. The number of pyridine rings is 1. The normalized spacial score (nSPS) is 19.6. The molecule has 3 rings (SSSR count). The van der Waals surface area contributed by atoms with Crippen molar-refractivity contribution in [3.63, 3.8) is 0 Å². The smallest absolute Gasteiger partial charge is 0.329 e. The molecule has 6 heteroatoms. The number of carbonyl (C=O) groups excluding carboxylic acids is 1. The van der Waals surface area contributed by atoms with Crippen LogP contribution in [0, 0.1) is 0 Å². The summed E-state index contributed by atoms with van der Waals surface area (Å²) in [6.07, 6.45) is 4.58. The molecule has 25 heavy (non-hydrogen) atoms. The number of carboxylic acids is 1. The first-order valence-electron chi connectivity index (χ1n) is 8.18. The van der Waals surface area contributed by atoms with Crippen molar-refractivity contribution in [2.24, 2.45) is 0 Å². The quantitative estimate of drug-likeness (QED) is 0.905. The van der Waals surface area contributed by atoms with Crippen LogP contribution in [0.15, 0.2) is 48.8 Å². The minimum Gasteiger partial charge on any atom is -0.489 e. The summed E-state index contributed by atoms with van der Waals surface area (Å²) in [6.45, 7) is 2.48. The number of amides is 1. The Balaban J connectivity index is 1.67. The molecule has 1 fully saturated rings. The summed E-state index contributed by atoms with van der Waals surface area (Å²) < 4.78 is 5.68. The van der Waals surface area contributed by atoms with Crippen molar-refractivity contribution < 1.29 is 19.4 Å². The van der Waals surface area contributed by atoms with Crippen LogP contribution in [0.1, 0.15) is 35.7 Å². The lowest BCUT2D eigenvalue weighted by atomic mass is 9.98. The zero-order valence-corrected chi connectivity index (χ0v) is 14.0. The fraction of sp³-hybridized carbons (Fsp3) is 0.316. The van der Waals surface area contributed by atoms with Gasteiger partial charge in [-0.2, -0.15) is 0 Å². The Labute approximate surface area is 146 Å². The lowest BCUT2D eigenvalue weighted by Crippen LogP contribution is -2.50. The van der Waals surface area contributed by atoms with Gasteiger partial charge < -0.3 is 14.7 Å². The van der Waals surface area contributed by atoms with Crippen LogP contribution in [-0.2, 0) is 11.4 Å². The van der Waals surface area contributed by atoms with E-state index in [1.54, 1.807) is 43.6 Å². The largest absolute Gasteiger partial charge is 0.489 e. The third-order valence-corrected chi connectivity index (χ3v) is 4.60. The molecule has 6 nitrogen and oxygen atoms in total. The van der Waals surface area contributed by atoms with E-state index in [1.165, 1.54) is 4.90 Å². The van der Waals surface area contributed by atoms with Crippen molar-refractivity contribution in [2.45, 2.75) is 31.9 Å². The summed E-state index contributed by atoms with van der Waals surface area (Å²) in [5, 5.41) is 9.44. The van der Waals surface area contributed by atoms with Crippen molar-refractivity contribution >= 4 is 11.9 Å². The summed E-state index contributed by atoms with van der Waals surface area (Å²) >= 11 is 0. The van der Waals surface area contributed by atoms with E-state index < -0.39 is 11.5 Å². The number of ether oxygens (including phenoxy) is 1. The van der Waals surface area contributed by atoms with Crippen molar-refractivity contribution in [3.05, 3.63) is 59.9 Å². The Morgan fingerprint density at radius 1 is 1.20 bits per heavy atom. The Morgan fingerprint density at radius 3 is 2.52 bits per heavy atom. The van der Waals surface area contributed by atoms with Crippen LogP contribution in [-0.4, -0.2) is 39.0 Å². The fourth-order valence-corrected chi connectivity index (χ4v) is 3.01. The molecule has 0 aliphatic carbocycles. The van der Waals surface area contributed by atoms with E-state index in [0.29, 0.717) is 37.3 Å². The second-order valence-electron chi connectivity index (χ2n) is 6.31. The van der Waals surface area contributed by atoms with E-state index in [9.17, 15) is 14.7 Å². The Morgan fingerprint density at radius 2 is 1.88 bits per heavy atom. The van der Waals surface area contributed by atoms with E-state index >= 15 is 0 Å². The SMILES string of the molecule is CC1(C(=O)O)CCCN1C(=O)c1ccc(OCc2ccncc2)cc1. The summed E-state index contributed by atoms with van der Waals surface area (Å²) in [4.78, 5) is 29.6. The predicted molar refractivity (Wildman–Crippen MR) is 91.3 cm³/mol. The fourth-order valence-electron chi connectivity index (χ4n) is 3.01.